The molecule has 1 nitrogen and oxygen atoms in total. The maximum Gasteiger partial charge on any atom is 0.0611 e. The Kier molecular flexibility index (Phi) is 2.72. The van der Waals surface area contributed by atoms with Crippen molar-refractivity contribution < 1.29 is 5.11 Å². The van der Waals surface area contributed by atoms with Gasteiger partial charge in [0.2, 0.25) is 0 Å². The van der Waals surface area contributed by atoms with Crippen molar-refractivity contribution in [2.75, 3.05) is 0 Å². The third-order valence-electron chi connectivity index (χ3n) is 4.44. The van der Waals surface area contributed by atoms with E-state index in [4.69, 9.17) is 0 Å². The van der Waals surface area contributed by atoms with E-state index in [-0.39, 0.29) is 6.10 Å². The molecule has 1 N–H and O–H groups in total. The minimum Gasteiger partial charge on any atom is -0.392 e. The first-order valence-electron chi connectivity index (χ1n) is 6.60. The molecule has 2 unspecified atom stereocenters. The Bertz CT molecular complexity index is 367. The van der Waals surface area contributed by atoms with Gasteiger partial charge in [-0.25, -0.2) is 0 Å². The minimum atomic E-state index is -0.103. The lowest BCUT2D eigenvalue weighted by molar-refractivity contribution is 0.0932. The second-order valence-corrected chi connectivity index (χ2v) is 5.44. The molecule has 0 aliphatic heterocycles. The number of aliphatic hydroxyl groups excluding tert-OH is 1. The molecule has 1 saturated carbocycles. The Morgan fingerprint density at radius 2 is 2.00 bits per heavy atom. The Morgan fingerprint density at radius 3 is 2.75 bits per heavy atom. The van der Waals surface area contributed by atoms with E-state index in [1.54, 1.807) is 0 Å². The van der Waals surface area contributed by atoms with Gasteiger partial charge in [0.1, 0.15) is 0 Å². The van der Waals surface area contributed by atoms with Crippen LogP contribution >= 0.6 is 0 Å². The van der Waals surface area contributed by atoms with Gasteiger partial charge in [0.05, 0.1) is 6.10 Å². The van der Waals surface area contributed by atoms with E-state index in [1.165, 1.54) is 30.4 Å². The summed E-state index contributed by atoms with van der Waals surface area (Å²) in [6.07, 6.45) is 7.28. The van der Waals surface area contributed by atoms with Crippen LogP contribution in [0.2, 0.25) is 0 Å². The summed E-state index contributed by atoms with van der Waals surface area (Å²) in [4.78, 5) is 0. The SMILES string of the molecule is OC(CC1CCC1)C1CCc2ccccc21. The van der Waals surface area contributed by atoms with Crippen LogP contribution in [0.25, 0.3) is 0 Å². The summed E-state index contributed by atoms with van der Waals surface area (Å²) in [5.74, 6) is 1.22. The number of hydrogen-bond donors (Lipinski definition) is 1. The minimum absolute atomic E-state index is 0.103. The molecule has 0 bridgehead atoms. The Balaban J connectivity index is 1.71. The second-order valence-electron chi connectivity index (χ2n) is 5.44. The van der Waals surface area contributed by atoms with E-state index in [9.17, 15) is 5.11 Å². The second kappa shape index (κ2) is 4.21. The summed E-state index contributed by atoms with van der Waals surface area (Å²) >= 11 is 0. The normalized spacial score (nSPS) is 26.2. The molecule has 16 heavy (non-hydrogen) atoms. The quantitative estimate of drug-likeness (QED) is 0.822. The fourth-order valence-electron chi connectivity index (χ4n) is 3.22. The molecule has 0 heterocycles. The fourth-order valence-corrected chi connectivity index (χ4v) is 3.22. The molecule has 0 amide bonds. The van der Waals surface area contributed by atoms with Crippen molar-refractivity contribution in [1.82, 2.24) is 0 Å². The monoisotopic (exact) mass is 216 g/mol. The molecule has 1 aromatic carbocycles. The lowest BCUT2D eigenvalue weighted by Crippen LogP contribution is -2.23. The summed E-state index contributed by atoms with van der Waals surface area (Å²) in [6, 6.07) is 8.63. The molecule has 0 radical (unpaired) electrons. The van der Waals surface area contributed by atoms with Crippen LogP contribution < -0.4 is 0 Å². The van der Waals surface area contributed by atoms with Gasteiger partial charge in [0.15, 0.2) is 0 Å². The van der Waals surface area contributed by atoms with Crippen LogP contribution in [0.3, 0.4) is 0 Å². The van der Waals surface area contributed by atoms with Crippen molar-refractivity contribution in [2.24, 2.45) is 5.92 Å². The van der Waals surface area contributed by atoms with Gasteiger partial charge in [-0.15, -0.1) is 0 Å². The van der Waals surface area contributed by atoms with E-state index in [0.29, 0.717) is 5.92 Å². The van der Waals surface area contributed by atoms with Gasteiger partial charge in [-0.3, -0.25) is 0 Å². The highest BCUT2D eigenvalue weighted by atomic mass is 16.3. The van der Waals surface area contributed by atoms with Crippen LogP contribution in [0, 0.1) is 5.92 Å². The zero-order chi connectivity index (χ0) is 11.0. The average Bonchev–Trinajstić information content (AvgIpc) is 2.67. The van der Waals surface area contributed by atoms with Crippen molar-refractivity contribution in [1.29, 1.82) is 0 Å². The van der Waals surface area contributed by atoms with Gasteiger partial charge in [-0.1, -0.05) is 43.5 Å². The highest BCUT2D eigenvalue weighted by Crippen LogP contribution is 2.40. The molecule has 2 aliphatic carbocycles. The smallest absolute Gasteiger partial charge is 0.0611 e. The molecule has 2 aliphatic rings. The molecular weight excluding hydrogens is 196 g/mol. The molecule has 0 saturated heterocycles. The lowest BCUT2D eigenvalue weighted by Gasteiger charge is -2.30. The number of benzene rings is 1. The van der Waals surface area contributed by atoms with E-state index < -0.39 is 0 Å². The molecule has 1 aromatic rings. The van der Waals surface area contributed by atoms with Gasteiger partial charge in [0.25, 0.3) is 0 Å². The molecule has 1 fully saturated rings. The predicted octanol–water partition coefficient (Wildman–Crippen LogP) is 3.27. The van der Waals surface area contributed by atoms with E-state index in [1.807, 2.05) is 0 Å². The van der Waals surface area contributed by atoms with Crippen molar-refractivity contribution in [3.63, 3.8) is 0 Å². The van der Waals surface area contributed by atoms with E-state index in [0.717, 1.165) is 25.2 Å². The Hall–Kier alpha value is -0.820. The first-order valence-corrected chi connectivity index (χ1v) is 6.60. The van der Waals surface area contributed by atoms with Crippen LogP contribution in [0.5, 0.6) is 0 Å². The molecule has 3 rings (SSSR count). The molecule has 0 aromatic heterocycles. The fraction of sp³-hybridized carbons (Fsp3) is 0.600. The van der Waals surface area contributed by atoms with Gasteiger partial charge in [-0.2, -0.15) is 0 Å². The molecular formula is C15H20O. The van der Waals surface area contributed by atoms with Crippen molar-refractivity contribution >= 4 is 0 Å². The van der Waals surface area contributed by atoms with Crippen LogP contribution in [0.15, 0.2) is 24.3 Å². The standard InChI is InChI=1S/C15H20O/c16-15(10-11-4-3-5-11)14-9-8-12-6-1-2-7-13(12)14/h1-2,6-7,11,14-16H,3-5,8-10H2. The predicted molar refractivity (Wildman–Crippen MR) is 65.5 cm³/mol. The molecule has 1 heteroatoms. The lowest BCUT2D eigenvalue weighted by atomic mass is 9.78. The van der Waals surface area contributed by atoms with Gasteiger partial charge in [-0.05, 0) is 36.3 Å². The zero-order valence-electron chi connectivity index (χ0n) is 9.73. The Labute approximate surface area is 97.5 Å². The Morgan fingerprint density at radius 1 is 1.19 bits per heavy atom. The van der Waals surface area contributed by atoms with Crippen LogP contribution in [0.1, 0.15) is 49.1 Å². The average molecular weight is 216 g/mol. The number of rotatable bonds is 3. The first kappa shape index (κ1) is 10.3. The summed E-state index contributed by atoms with van der Waals surface area (Å²) in [7, 11) is 0. The number of fused-ring (bicyclic) bond motifs is 1. The highest BCUT2D eigenvalue weighted by molar-refractivity contribution is 5.35. The summed E-state index contributed by atoms with van der Waals surface area (Å²) in [6.45, 7) is 0. The molecule has 86 valence electrons. The summed E-state index contributed by atoms with van der Waals surface area (Å²) in [5.41, 5.74) is 2.87. The topological polar surface area (TPSA) is 20.2 Å². The zero-order valence-corrected chi connectivity index (χ0v) is 9.73. The van der Waals surface area contributed by atoms with Gasteiger partial charge < -0.3 is 5.11 Å². The van der Waals surface area contributed by atoms with Crippen molar-refractivity contribution in [3.8, 4) is 0 Å². The third kappa shape index (κ3) is 1.78. The van der Waals surface area contributed by atoms with E-state index >= 15 is 0 Å². The van der Waals surface area contributed by atoms with Crippen LogP contribution in [-0.2, 0) is 6.42 Å². The first-order chi connectivity index (χ1) is 7.84. The largest absolute Gasteiger partial charge is 0.392 e. The third-order valence-corrected chi connectivity index (χ3v) is 4.44. The summed E-state index contributed by atoms with van der Waals surface area (Å²) in [5, 5.41) is 10.3. The van der Waals surface area contributed by atoms with E-state index in [2.05, 4.69) is 24.3 Å². The van der Waals surface area contributed by atoms with Gasteiger partial charge in [0, 0.05) is 5.92 Å². The van der Waals surface area contributed by atoms with Gasteiger partial charge >= 0.3 is 0 Å². The molecule has 0 spiro atoms. The summed E-state index contributed by atoms with van der Waals surface area (Å²) < 4.78 is 0. The maximum absolute atomic E-state index is 10.3. The van der Waals surface area contributed by atoms with Crippen LogP contribution in [0.4, 0.5) is 0 Å². The maximum atomic E-state index is 10.3. The number of aryl methyl sites for hydroxylation is 1. The molecule has 2 atom stereocenters. The van der Waals surface area contributed by atoms with Crippen molar-refractivity contribution in [2.45, 2.75) is 50.5 Å². The number of hydrogen-bond acceptors (Lipinski definition) is 1. The van der Waals surface area contributed by atoms with Crippen molar-refractivity contribution in [3.05, 3.63) is 35.4 Å². The number of aliphatic hydroxyl groups is 1. The van der Waals surface area contributed by atoms with Crippen LogP contribution in [-0.4, -0.2) is 11.2 Å². The highest BCUT2D eigenvalue weighted by Gasteiger charge is 2.31.